The van der Waals surface area contributed by atoms with Crippen LogP contribution in [0.3, 0.4) is 0 Å². The number of carbonyl (C=O) groups is 1. The second kappa shape index (κ2) is 9.28. The van der Waals surface area contributed by atoms with Crippen LogP contribution in [0.4, 0.5) is 5.69 Å². The highest BCUT2D eigenvalue weighted by atomic mass is 32.2. The molecule has 2 aromatic heterocycles. The number of anilines is 1. The maximum atomic E-state index is 12.5. The summed E-state index contributed by atoms with van der Waals surface area (Å²) >= 11 is 1.23. The number of nitriles is 1. The number of methoxy groups -OCH3 is 1. The molecule has 1 amide bonds. The largest absolute Gasteiger partial charge is 0.497 e. The lowest BCUT2D eigenvalue weighted by Crippen LogP contribution is -2.14. The smallest absolute Gasteiger partial charge is 0.234 e. The van der Waals surface area contributed by atoms with E-state index in [2.05, 4.69) is 21.4 Å². The third kappa shape index (κ3) is 4.82. The molecule has 0 atom stereocenters. The van der Waals surface area contributed by atoms with Crippen molar-refractivity contribution < 1.29 is 9.53 Å². The summed E-state index contributed by atoms with van der Waals surface area (Å²) in [5.41, 5.74) is 3.56. The lowest BCUT2D eigenvalue weighted by atomic mass is 10.1. The molecular weight excluding hydrogens is 408 g/mol. The summed E-state index contributed by atoms with van der Waals surface area (Å²) in [6.45, 7) is 0. The van der Waals surface area contributed by atoms with Crippen LogP contribution in [0.1, 0.15) is 5.56 Å². The Labute approximate surface area is 183 Å². The average Bonchev–Trinajstić information content (AvgIpc) is 2.82. The second-order valence-electron chi connectivity index (χ2n) is 6.64. The Balaban J connectivity index is 1.47. The van der Waals surface area contributed by atoms with Crippen LogP contribution in [-0.2, 0) is 4.79 Å². The van der Waals surface area contributed by atoms with Crippen molar-refractivity contribution in [1.82, 2.24) is 9.97 Å². The first kappa shape index (κ1) is 20.4. The highest BCUT2D eigenvalue weighted by Gasteiger charge is 2.11. The zero-order chi connectivity index (χ0) is 21.6. The molecule has 0 unspecified atom stereocenters. The summed E-state index contributed by atoms with van der Waals surface area (Å²) in [4.78, 5) is 21.4. The fraction of sp³-hybridized carbons (Fsp3) is 0.0833. The van der Waals surface area contributed by atoms with Gasteiger partial charge in [0, 0.05) is 10.9 Å². The summed E-state index contributed by atoms with van der Waals surface area (Å²) in [5, 5.41) is 13.7. The van der Waals surface area contributed by atoms with E-state index >= 15 is 0 Å². The molecule has 0 aliphatic heterocycles. The van der Waals surface area contributed by atoms with Crippen molar-refractivity contribution in [2.24, 2.45) is 0 Å². The van der Waals surface area contributed by atoms with Crippen molar-refractivity contribution in [1.29, 1.82) is 5.26 Å². The first-order valence-corrected chi connectivity index (χ1v) is 10.5. The van der Waals surface area contributed by atoms with Crippen LogP contribution in [0.15, 0.2) is 78.0 Å². The fourth-order valence-electron chi connectivity index (χ4n) is 3.03. The molecule has 152 valence electrons. The number of fused-ring (bicyclic) bond motifs is 1. The van der Waals surface area contributed by atoms with Crippen molar-refractivity contribution in [3.05, 3.63) is 78.5 Å². The van der Waals surface area contributed by atoms with Gasteiger partial charge in [0.25, 0.3) is 0 Å². The van der Waals surface area contributed by atoms with Crippen molar-refractivity contribution in [2.45, 2.75) is 5.03 Å². The Hall–Kier alpha value is -3.89. The summed E-state index contributed by atoms with van der Waals surface area (Å²) in [5.74, 6) is 0.690. The molecular formula is C24H18N4O2S. The molecule has 0 saturated heterocycles. The van der Waals surface area contributed by atoms with Crippen LogP contribution in [0.2, 0.25) is 0 Å². The lowest BCUT2D eigenvalue weighted by molar-refractivity contribution is -0.113. The van der Waals surface area contributed by atoms with E-state index in [0.717, 1.165) is 27.9 Å². The standard InChI is InChI=1S/C24H18N4O2S/c1-30-20-9-6-16(7-10-20)22-11-8-18(13-25)24(28-22)31-15-23(29)27-19-12-17-4-2-3-5-21(17)26-14-19/h2-12,14H,15H2,1H3,(H,27,29). The van der Waals surface area contributed by atoms with Crippen molar-refractivity contribution in [2.75, 3.05) is 18.2 Å². The number of aromatic nitrogens is 2. The molecule has 0 bridgehead atoms. The minimum Gasteiger partial charge on any atom is -0.497 e. The van der Waals surface area contributed by atoms with E-state index in [1.807, 2.05) is 54.6 Å². The topological polar surface area (TPSA) is 87.9 Å². The van der Waals surface area contributed by atoms with Crippen LogP contribution in [0.5, 0.6) is 5.75 Å². The predicted octanol–water partition coefficient (Wildman–Crippen LogP) is 4.91. The molecule has 0 radical (unpaired) electrons. The Kier molecular flexibility index (Phi) is 6.11. The number of pyridine rings is 2. The minimum absolute atomic E-state index is 0.126. The van der Waals surface area contributed by atoms with Crippen LogP contribution in [0.25, 0.3) is 22.2 Å². The maximum Gasteiger partial charge on any atom is 0.234 e. The first-order valence-electron chi connectivity index (χ1n) is 9.49. The number of nitrogens with one attached hydrogen (secondary N) is 1. The Morgan fingerprint density at radius 2 is 1.94 bits per heavy atom. The van der Waals surface area contributed by atoms with Gasteiger partial charge in [-0.1, -0.05) is 30.0 Å². The van der Waals surface area contributed by atoms with E-state index in [4.69, 9.17) is 4.74 Å². The van der Waals surface area contributed by atoms with Gasteiger partial charge in [-0.2, -0.15) is 5.26 Å². The molecule has 0 saturated carbocycles. The highest BCUT2D eigenvalue weighted by molar-refractivity contribution is 8.00. The maximum absolute atomic E-state index is 12.5. The van der Waals surface area contributed by atoms with Crippen molar-refractivity contribution >= 4 is 34.3 Å². The molecule has 1 N–H and O–H groups in total. The van der Waals surface area contributed by atoms with Gasteiger partial charge in [0.1, 0.15) is 16.8 Å². The Bertz CT molecular complexity index is 1280. The second-order valence-corrected chi connectivity index (χ2v) is 7.61. The van der Waals surface area contributed by atoms with E-state index in [1.165, 1.54) is 11.8 Å². The molecule has 7 heteroatoms. The number of ether oxygens (including phenoxy) is 1. The van der Waals surface area contributed by atoms with Gasteiger partial charge in [0.05, 0.1) is 41.5 Å². The van der Waals surface area contributed by atoms with Gasteiger partial charge >= 0.3 is 0 Å². The average molecular weight is 427 g/mol. The van der Waals surface area contributed by atoms with Gasteiger partial charge in [-0.05, 0) is 48.5 Å². The summed E-state index contributed by atoms with van der Waals surface area (Å²) in [7, 11) is 1.61. The third-order valence-electron chi connectivity index (χ3n) is 4.58. The molecule has 6 nitrogen and oxygen atoms in total. The summed E-state index contributed by atoms with van der Waals surface area (Å²) in [6.07, 6.45) is 1.63. The van der Waals surface area contributed by atoms with E-state index < -0.39 is 0 Å². The normalized spacial score (nSPS) is 10.5. The highest BCUT2D eigenvalue weighted by Crippen LogP contribution is 2.27. The molecule has 0 aliphatic carbocycles. The number of benzene rings is 2. The minimum atomic E-state index is -0.192. The SMILES string of the molecule is COc1ccc(-c2ccc(C#N)c(SCC(=O)Nc3cnc4ccccc4c3)n2)cc1. The first-order chi connectivity index (χ1) is 15.2. The van der Waals surface area contributed by atoms with Crippen LogP contribution in [-0.4, -0.2) is 28.7 Å². The third-order valence-corrected chi connectivity index (χ3v) is 5.57. The lowest BCUT2D eigenvalue weighted by Gasteiger charge is -2.08. The van der Waals surface area contributed by atoms with E-state index in [1.54, 1.807) is 25.4 Å². The number of para-hydroxylation sites is 1. The summed E-state index contributed by atoms with van der Waals surface area (Å²) in [6, 6.07) is 22.8. The molecule has 4 aromatic rings. The number of carbonyl (C=O) groups excluding carboxylic acids is 1. The van der Waals surface area contributed by atoms with Crippen LogP contribution < -0.4 is 10.1 Å². The number of amides is 1. The molecule has 0 aliphatic rings. The van der Waals surface area contributed by atoms with Crippen LogP contribution in [0, 0.1) is 11.3 Å². The molecule has 0 fully saturated rings. The Morgan fingerprint density at radius 3 is 2.71 bits per heavy atom. The molecule has 2 heterocycles. The number of hydrogen-bond donors (Lipinski definition) is 1. The van der Waals surface area contributed by atoms with Crippen LogP contribution >= 0.6 is 11.8 Å². The van der Waals surface area contributed by atoms with Crippen molar-refractivity contribution in [3.8, 4) is 23.1 Å². The quantitative estimate of drug-likeness (QED) is 0.441. The number of hydrogen-bond acceptors (Lipinski definition) is 6. The van der Waals surface area contributed by atoms with E-state index in [0.29, 0.717) is 16.3 Å². The fourth-order valence-corrected chi connectivity index (χ4v) is 3.80. The molecule has 0 spiro atoms. The number of nitrogens with zero attached hydrogens (tertiary/aromatic N) is 3. The van der Waals surface area contributed by atoms with Gasteiger partial charge in [-0.15, -0.1) is 0 Å². The predicted molar refractivity (Wildman–Crippen MR) is 122 cm³/mol. The monoisotopic (exact) mass is 426 g/mol. The van der Waals surface area contributed by atoms with Gasteiger partial charge in [0.15, 0.2) is 0 Å². The Morgan fingerprint density at radius 1 is 1.13 bits per heavy atom. The van der Waals surface area contributed by atoms with Gasteiger partial charge in [-0.25, -0.2) is 4.98 Å². The van der Waals surface area contributed by atoms with Gasteiger partial charge in [-0.3, -0.25) is 9.78 Å². The number of rotatable bonds is 6. The molecule has 31 heavy (non-hydrogen) atoms. The number of thioether (sulfide) groups is 1. The van der Waals surface area contributed by atoms with Gasteiger partial charge in [0.2, 0.25) is 5.91 Å². The zero-order valence-corrected chi connectivity index (χ0v) is 17.5. The van der Waals surface area contributed by atoms with E-state index in [-0.39, 0.29) is 11.7 Å². The summed E-state index contributed by atoms with van der Waals surface area (Å²) < 4.78 is 5.19. The van der Waals surface area contributed by atoms with Crippen molar-refractivity contribution in [3.63, 3.8) is 0 Å². The molecule has 2 aromatic carbocycles. The zero-order valence-electron chi connectivity index (χ0n) is 16.7. The van der Waals surface area contributed by atoms with Gasteiger partial charge < -0.3 is 10.1 Å². The van der Waals surface area contributed by atoms with E-state index in [9.17, 15) is 10.1 Å². The molecule has 4 rings (SSSR count).